The molecule has 1 N–H and O–H groups in total. The number of nitrogens with zero attached hydrogens (tertiary/aromatic N) is 1. The quantitative estimate of drug-likeness (QED) is 0.471. The molecule has 4 nitrogen and oxygen atoms in total. The van der Waals surface area contributed by atoms with Gasteiger partial charge in [0.2, 0.25) is 6.04 Å². The lowest BCUT2D eigenvalue weighted by molar-refractivity contribution is -0.531. The highest BCUT2D eigenvalue weighted by atomic mass is 16.6. The third kappa shape index (κ3) is 2.31. The molecule has 2 atom stereocenters. The fraction of sp³-hybridized carbons (Fsp3) is 1.00. The van der Waals surface area contributed by atoms with E-state index in [4.69, 9.17) is 5.11 Å². The van der Waals surface area contributed by atoms with Crippen molar-refractivity contribution in [3.63, 3.8) is 0 Å². The van der Waals surface area contributed by atoms with Gasteiger partial charge in [-0.25, -0.2) is 0 Å². The van der Waals surface area contributed by atoms with Gasteiger partial charge in [-0.1, -0.05) is 13.8 Å². The molecule has 0 aromatic carbocycles. The number of rotatable bonds is 3. The molecule has 0 bridgehead atoms. The summed E-state index contributed by atoms with van der Waals surface area (Å²) in [7, 11) is 0. The maximum atomic E-state index is 10.1. The van der Waals surface area contributed by atoms with Gasteiger partial charge in [0.25, 0.3) is 0 Å². The van der Waals surface area contributed by atoms with Crippen molar-refractivity contribution in [2.45, 2.75) is 32.9 Å². The predicted octanol–water partition coefficient (Wildman–Crippen LogP) is 0.668. The second-order valence-corrected chi connectivity index (χ2v) is 2.76. The van der Waals surface area contributed by atoms with Gasteiger partial charge in [0.05, 0.1) is 0 Å². The largest absolute Gasteiger partial charge is 0.386 e. The maximum absolute atomic E-state index is 10.1. The Hall–Kier alpha value is -0.640. The number of aliphatic hydroxyl groups is 1. The summed E-state index contributed by atoms with van der Waals surface area (Å²) >= 11 is 0. The summed E-state index contributed by atoms with van der Waals surface area (Å²) in [6.45, 7) is 4.92. The van der Waals surface area contributed by atoms with Crippen LogP contribution >= 0.6 is 0 Å². The van der Waals surface area contributed by atoms with Crippen molar-refractivity contribution in [2.24, 2.45) is 5.92 Å². The SMILES string of the molecule is CC(C)[C@H](O)[C@@H](C)[N+](=O)[O-]. The predicted molar refractivity (Wildman–Crippen MR) is 37.3 cm³/mol. The van der Waals surface area contributed by atoms with E-state index >= 15 is 0 Å². The van der Waals surface area contributed by atoms with E-state index in [9.17, 15) is 10.1 Å². The van der Waals surface area contributed by atoms with Crippen LogP contribution in [0.15, 0.2) is 0 Å². The molecule has 60 valence electrons. The monoisotopic (exact) mass is 147 g/mol. The van der Waals surface area contributed by atoms with Crippen LogP contribution in [0.5, 0.6) is 0 Å². The molecule has 10 heavy (non-hydrogen) atoms. The number of hydrogen-bond acceptors (Lipinski definition) is 3. The van der Waals surface area contributed by atoms with E-state index in [0.29, 0.717) is 0 Å². The van der Waals surface area contributed by atoms with Crippen molar-refractivity contribution >= 4 is 0 Å². The third-order valence-electron chi connectivity index (χ3n) is 1.51. The average molecular weight is 147 g/mol. The zero-order valence-corrected chi connectivity index (χ0v) is 6.44. The first-order valence-corrected chi connectivity index (χ1v) is 3.28. The Morgan fingerprint density at radius 1 is 1.40 bits per heavy atom. The van der Waals surface area contributed by atoms with Crippen molar-refractivity contribution in [1.29, 1.82) is 0 Å². The molecule has 0 unspecified atom stereocenters. The highest BCUT2D eigenvalue weighted by molar-refractivity contribution is 4.65. The van der Waals surface area contributed by atoms with Gasteiger partial charge >= 0.3 is 0 Å². The third-order valence-corrected chi connectivity index (χ3v) is 1.51. The lowest BCUT2D eigenvalue weighted by atomic mass is 10.0. The summed E-state index contributed by atoms with van der Waals surface area (Å²) in [6.07, 6.45) is -0.838. The minimum Gasteiger partial charge on any atom is -0.386 e. The highest BCUT2D eigenvalue weighted by Gasteiger charge is 2.26. The van der Waals surface area contributed by atoms with Crippen LogP contribution in [0.4, 0.5) is 0 Å². The Kier molecular flexibility index (Phi) is 3.28. The van der Waals surface area contributed by atoms with Gasteiger partial charge in [0.1, 0.15) is 6.10 Å². The molecule has 0 aromatic heterocycles. The Morgan fingerprint density at radius 2 is 1.80 bits per heavy atom. The van der Waals surface area contributed by atoms with Gasteiger partial charge in [-0.2, -0.15) is 0 Å². The Morgan fingerprint density at radius 3 is 1.90 bits per heavy atom. The van der Waals surface area contributed by atoms with Crippen LogP contribution in [-0.2, 0) is 0 Å². The number of nitro groups is 1. The Labute approximate surface area is 60.0 Å². The van der Waals surface area contributed by atoms with Crippen LogP contribution in [0.25, 0.3) is 0 Å². The highest BCUT2D eigenvalue weighted by Crippen LogP contribution is 2.07. The first kappa shape index (κ1) is 9.36. The fourth-order valence-electron chi connectivity index (χ4n) is 0.682. The summed E-state index contributed by atoms with van der Waals surface area (Å²) in [6, 6.07) is -0.861. The van der Waals surface area contributed by atoms with E-state index in [2.05, 4.69) is 0 Å². The second kappa shape index (κ2) is 3.51. The zero-order chi connectivity index (χ0) is 8.31. The van der Waals surface area contributed by atoms with E-state index < -0.39 is 17.1 Å². The number of hydrogen-bond donors (Lipinski definition) is 1. The summed E-state index contributed by atoms with van der Waals surface area (Å²) in [4.78, 5) is 9.62. The molecule has 0 spiro atoms. The lowest BCUT2D eigenvalue weighted by Crippen LogP contribution is -2.34. The molecule has 0 amide bonds. The first-order valence-electron chi connectivity index (χ1n) is 3.28. The van der Waals surface area contributed by atoms with Gasteiger partial charge in [0.15, 0.2) is 0 Å². The van der Waals surface area contributed by atoms with Crippen LogP contribution in [0.2, 0.25) is 0 Å². The molecule has 0 radical (unpaired) electrons. The zero-order valence-electron chi connectivity index (χ0n) is 6.44. The van der Waals surface area contributed by atoms with Crippen LogP contribution < -0.4 is 0 Å². The smallest absolute Gasteiger partial charge is 0.236 e. The van der Waals surface area contributed by atoms with Crippen LogP contribution in [-0.4, -0.2) is 22.2 Å². The molecule has 0 saturated heterocycles. The van der Waals surface area contributed by atoms with Gasteiger partial charge in [-0.3, -0.25) is 10.1 Å². The van der Waals surface area contributed by atoms with Crippen molar-refractivity contribution in [3.8, 4) is 0 Å². The molecular weight excluding hydrogens is 134 g/mol. The van der Waals surface area contributed by atoms with E-state index in [1.54, 1.807) is 13.8 Å². The normalized spacial score (nSPS) is 16.9. The Balaban J connectivity index is 3.94. The molecular formula is C6H13NO3. The molecule has 0 saturated carbocycles. The van der Waals surface area contributed by atoms with Crippen LogP contribution in [0.3, 0.4) is 0 Å². The standard InChI is InChI=1S/C6H13NO3/c1-4(2)6(8)5(3)7(9)10/h4-6,8H,1-3H3/t5-,6+/m1/s1. The Bertz CT molecular complexity index is 124. The summed E-state index contributed by atoms with van der Waals surface area (Å²) in [5.41, 5.74) is 0. The number of aliphatic hydroxyl groups excluding tert-OH is 1. The van der Waals surface area contributed by atoms with Crippen molar-refractivity contribution in [1.82, 2.24) is 0 Å². The van der Waals surface area contributed by atoms with Crippen LogP contribution in [0, 0.1) is 16.0 Å². The van der Waals surface area contributed by atoms with Crippen molar-refractivity contribution in [2.75, 3.05) is 0 Å². The minimum atomic E-state index is -0.861. The van der Waals surface area contributed by atoms with Gasteiger partial charge in [0, 0.05) is 11.8 Å². The molecule has 0 aliphatic heterocycles. The summed E-state index contributed by atoms with van der Waals surface area (Å²) in [5, 5.41) is 19.2. The summed E-state index contributed by atoms with van der Waals surface area (Å²) in [5.74, 6) is -0.0552. The average Bonchev–Trinajstić information content (AvgIpc) is 1.84. The van der Waals surface area contributed by atoms with Crippen molar-refractivity contribution < 1.29 is 10.0 Å². The lowest BCUT2D eigenvalue weighted by Gasteiger charge is -2.14. The second-order valence-electron chi connectivity index (χ2n) is 2.76. The van der Waals surface area contributed by atoms with E-state index in [-0.39, 0.29) is 5.92 Å². The van der Waals surface area contributed by atoms with Gasteiger partial charge < -0.3 is 5.11 Å². The first-order chi connectivity index (χ1) is 4.46. The van der Waals surface area contributed by atoms with Gasteiger partial charge in [-0.15, -0.1) is 0 Å². The molecule has 4 heteroatoms. The molecule has 0 aliphatic rings. The topological polar surface area (TPSA) is 63.4 Å². The molecule has 0 heterocycles. The maximum Gasteiger partial charge on any atom is 0.236 e. The molecule has 0 rings (SSSR count). The molecule has 0 aromatic rings. The van der Waals surface area contributed by atoms with Gasteiger partial charge in [-0.05, 0) is 5.92 Å². The molecule has 0 aliphatic carbocycles. The molecule has 0 fully saturated rings. The van der Waals surface area contributed by atoms with E-state index in [0.717, 1.165) is 0 Å². The minimum absolute atomic E-state index is 0.0552. The fourth-order valence-corrected chi connectivity index (χ4v) is 0.682. The summed E-state index contributed by atoms with van der Waals surface area (Å²) < 4.78 is 0. The van der Waals surface area contributed by atoms with E-state index in [1.807, 2.05) is 0 Å². The van der Waals surface area contributed by atoms with Crippen LogP contribution in [0.1, 0.15) is 20.8 Å². The van der Waals surface area contributed by atoms with E-state index in [1.165, 1.54) is 6.92 Å². The van der Waals surface area contributed by atoms with Crippen molar-refractivity contribution in [3.05, 3.63) is 10.1 Å².